The van der Waals surface area contributed by atoms with Crippen molar-refractivity contribution in [3.63, 3.8) is 0 Å². The van der Waals surface area contributed by atoms with Crippen LogP contribution in [0.4, 0.5) is 0 Å². The summed E-state index contributed by atoms with van der Waals surface area (Å²) in [5, 5.41) is 3.31. The summed E-state index contributed by atoms with van der Waals surface area (Å²) in [7, 11) is 0. The molecule has 1 aromatic carbocycles. The maximum atomic E-state index is 5.99. The molecule has 0 radical (unpaired) electrons. The lowest BCUT2D eigenvalue weighted by atomic mass is 9.86. The Balaban J connectivity index is 2.78. The summed E-state index contributed by atoms with van der Waals surface area (Å²) in [6, 6.07) is 4.33. The van der Waals surface area contributed by atoms with Gasteiger partial charge in [0, 0.05) is 10.0 Å². The quantitative estimate of drug-likeness (QED) is 0.780. The zero-order valence-electron chi connectivity index (χ0n) is 12.8. The van der Waals surface area contributed by atoms with Crippen molar-refractivity contribution in [1.82, 2.24) is 5.32 Å². The summed E-state index contributed by atoms with van der Waals surface area (Å²) in [5.41, 5.74) is 2.57. The average Bonchev–Trinajstić information content (AvgIpc) is 2.31. The van der Waals surface area contributed by atoms with Gasteiger partial charge < -0.3 is 10.1 Å². The van der Waals surface area contributed by atoms with Crippen molar-refractivity contribution < 1.29 is 4.74 Å². The van der Waals surface area contributed by atoms with Crippen LogP contribution in [0.1, 0.15) is 45.2 Å². The van der Waals surface area contributed by atoms with Gasteiger partial charge in [0.05, 0.1) is 6.61 Å². The first-order valence-electron chi connectivity index (χ1n) is 7.00. The Labute approximate surface area is 126 Å². The highest BCUT2D eigenvalue weighted by Gasteiger charge is 2.20. The van der Waals surface area contributed by atoms with E-state index in [0.29, 0.717) is 0 Å². The fourth-order valence-corrected chi connectivity index (χ4v) is 2.26. The van der Waals surface area contributed by atoms with E-state index in [0.717, 1.165) is 36.3 Å². The topological polar surface area (TPSA) is 21.3 Å². The predicted molar refractivity (Wildman–Crippen MR) is 86.2 cm³/mol. The van der Waals surface area contributed by atoms with Gasteiger partial charge in [0.2, 0.25) is 0 Å². The standard InChI is InChI=1S/C16H26BrNO/c1-6-18-8-7-9-19-15-10-12(2)14(17)11-13(15)16(3,4)5/h10-11,18H,6-9H2,1-5H3. The Bertz CT molecular complexity index is 410. The fraction of sp³-hybridized carbons (Fsp3) is 0.625. The Hall–Kier alpha value is -0.540. The van der Waals surface area contributed by atoms with E-state index >= 15 is 0 Å². The Morgan fingerprint density at radius 1 is 1.26 bits per heavy atom. The number of hydrogen-bond donors (Lipinski definition) is 1. The highest BCUT2D eigenvalue weighted by atomic mass is 79.9. The molecule has 0 heterocycles. The van der Waals surface area contributed by atoms with Crippen LogP contribution in [0.3, 0.4) is 0 Å². The molecule has 1 aromatic rings. The SMILES string of the molecule is CCNCCCOc1cc(C)c(Br)cc1C(C)(C)C. The number of hydrogen-bond acceptors (Lipinski definition) is 2. The molecule has 2 nitrogen and oxygen atoms in total. The molecule has 19 heavy (non-hydrogen) atoms. The van der Waals surface area contributed by atoms with E-state index in [-0.39, 0.29) is 5.41 Å². The van der Waals surface area contributed by atoms with Crippen LogP contribution in [-0.2, 0) is 5.41 Å². The minimum absolute atomic E-state index is 0.0905. The summed E-state index contributed by atoms with van der Waals surface area (Å²) < 4.78 is 7.14. The van der Waals surface area contributed by atoms with Crippen LogP contribution in [-0.4, -0.2) is 19.7 Å². The first-order chi connectivity index (χ1) is 8.86. The molecular formula is C16H26BrNO. The third-order valence-corrected chi connectivity index (χ3v) is 3.93. The first-order valence-corrected chi connectivity index (χ1v) is 7.79. The molecule has 0 aromatic heterocycles. The van der Waals surface area contributed by atoms with E-state index in [1.54, 1.807) is 0 Å². The third-order valence-electron chi connectivity index (χ3n) is 3.07. The monoisotopic (exact) mass is 327 g/mol. The molecule has 108 valence electrons. The van der Waals surface area contributed by atoms with Crippen LogP contribution < -0.4 is 10.1 Å². The van der Waals surface area contributed by atoms with Crippen molar-refractivity contribution in [3.05, 3.63) is 27.7 Å². The van der Waals surface area contributed by atoms with Crippen molar-refractivity contribution in [2.45, 2.75) is 46.5 Å². The van der Waals surface area contributed by atoms with Gasteiger partial charge >= 0.3 is 0 Å². The number of nitrogens with one attached hydrogen (secondary N) is 1. The van der Waals surface area contributed by atoms with Crippen LogP contribution in [0.2, 0.25) is 0 Å². The van der Waals surface area contributed by atoms with Crippen molar-refractivity contribution in [2.75, 3.05) is 19.7 Å². The number of halogens is 1. The minimum Gasteiger partial charge on any atom is -0.493 e. The first kappa shape index (κ1) is 16.5. The molecule has 0 bridgehead atoms. The van der Waals surface area contributed by atoms with Gasteiger partial charge in [0.1, 0.15) is 5.75 Å². The number of rotatable bonds is 6. The Morgan fingerprint density at radius 3 is 2.53 bits per heavy atom. The van der Waals surface area contributed by atoms with Gasteiger partial charge in [-0.2, -0.15) is 0 Å². The second kappa shape index (κ2) is 7.30. The highest BCUT2D eigenvalue weighted by molar-refractivity contribution is 9.10. The van der Waals surface area contributed by atoms with Crippen molar-refractivity contribution in [1.29, 1.82) is 0 Å². The molecule has 1 N–H and O–H groups in total. The lowest BCUT2D eigenvalue weighted by Crippen LogP contribution is -2.18. The normalized spacial score (nSPS) is 11.7. The van der Waals surface area contributed by atoms with Gasteiger partial charge in [0.25, 0.3) is 0 Å². The maximum absolute atomic E-state index is 5.99. The predicted octanol–water partition coefficient (Wildman–Crippen LogP) is 4.43. The lowest BCUT2D eigenvalue weighted by molar-refractivity contribution is 0.300. The molecule has 0 amide bonds. The molecule has 0 fully saturated rings. The number of ether oxygens (including phenoxy) is 1. The van der Waals surface area contributed by atoms with Gasteiger partial charge in [-0.3, -0.25) is 0 Å². The van der Waals surface area contributed by atoms with Crippen molar-refractivity contribution in [2.24, 2.45) is 0 Å². The largest absolute Gasteiger partial charge is 0.493 e. The molecule has 0 saturated carbocycles. The van der Waals surface area contributed by atoms with Crippen molar-refractivity contribution >= 4 is 15.9 Å². The number of benzene rings is 1. The molecule has 0 unspecified atom stereocenters. The maximum Gasteiger partial charge on any atom is 0.123 e. The molecule has 0 atom stereocenters. The van der Waals surface area contributed by atoms with E-state index in [1.165, 1.54) is 11.1 Å². The molecule has 0 spiro atoms. The van der Waals surface area contributed by atoms with E-state index in [2.05, 4.69) is 68.0 Å². The van der Waals surface area contributed by atoms with Crippen LogP contribution in [0.25, 0.3) is 0 Å². The lowest BCUT2D eigenvalue weighted by Gasteiger charge is -2.24. The summed E-state index contributed by atoms with van der Waals surface area (Å²) >= 11 is 3.61. The van der Waals surface area contributed by atoms with Crippen LogP contribution >= 0.6 is 15.9 Å². The smallest absolute Gasteiger partial charge is 0.123 e. The van der Waals surface area contributed by atoms with E-state index in [1.807, 2.05) is 0 Å². The Morgan fingerprint density at radius 2 is 1.95 bits per heavy atom. The molecular weight excluding hydrogens is 302 g/mol. The summed E-state index contributed by atoms with van der Waals surface area (Å²) in [6.07, 6.45) is 1.03. The zero-order chi connectivity index (χ0) is 14.5. The van der Waals surface area contributed by atoms with Gasteiger partial charge in [-0.1, -0.05) is 43.6 Å². The second-order valence-corrected chi connectivity index (χ2v) is 6.76. The molecule has 3 heteroatoms. The second-order valence-electron chi connectivity index (χ2n) is 5.90. The van der Waals surface area contributed by atoms with Crippen LogP contribution in [0.5, 0.6) is 5.75 Å². The average molecular weight is 328 g/mol. The third kappa shape index (κ3) is 5.15. The van der Waals surface area contributed by atoms with E-state index in [4.69, 9.17) is 4.74 Å². The zero-order valence-corrected chi connectivity index (χ0v) is 14.4. The molecule has 0 aliphatic rings. The van der Waals surface area contributed by atoms with Gasteiger partial charge in [-0.05, 0) is 49.5 Å². The van der Waals surface area contributed by atoms with Crippen LogP contribution in [0, 0.1) is 6.92 Å². The summed E-state index contributed by atoms with van der Waals surface area (Å²) in [5.74, 6) is 1.02. The van der Waals surface area contributed by atoms with Crippen LogP contribution in [0.15, 0.2) is 16.6 Å². The van der Waals surface area contributed by atoms with Crippen molar-refractivity contribution in [3.8, 4) is 5.75 Å². The van der Waals surface area contributed by atoms with E-state index < -0.39 is 0 Å². The molecule has 1 rings (SSSR count). The Kier molecular flexibility index (Phi) is 6.34. The van der Waals surface area contributed by atoms with E-state index in [9.17, 15) is 0 Å². The molecule has 0 aliphatic heterocycles. The summed E-state index contributed by atoms with van der Waals surface area (Å²) in [6.45, 7) is 13.7. The van der Waals surface area contributed by atoms with Gasteiger partial charge in [0.15, 0.2) is 0 Å². The minimum atomic E-state index is 0.0905. The molecule has 0 saturated heterocycles. The van der Waals surface area contributed by atoms with Gasteiger partial charge in [-0.15, -0.1) is 0 Å². The molecule has 0 aliphatic carbocycles. The number of aryl methyl sites for hydroxylation is 1. The fourth-order valence-electron chi connectivity index (χ4n) is 1.92. The summed E-state index contributed by atoms with van der Waals surface area (Å²) in [4.78, 5) is 0. The highest BCUT2D eigenvalue weighted by Crippen LogP contribution is 2.35. The van der Waals surface area contributed by atoms with Gasteiger partial charge in [-0.25, -0.2) is 0 Å².